The van der Waals surface area contributed by atoms with Gasteiger partial charge in [-0.2, -0.15) is 17.9 Å². The van der Waals surface area contributed by atoms with Gasteiger partial charge < -0.3 is 0 Å². The monoisotopic (exact) mass is 264 g/mol. The Bertz CT molecular complexity index is 316. The van der Waals surface area contributed by atoms with Crippen LogP contribution in [0.2, 0.25) is 0 Å². The average molecular weight is 264 g/mol. The van der Waals surface area contributed by atoms with Crippen LogP contribution in [-0.2, 0) is 10.2 Å². The minimum Gasteiger partial charge on any atom is -0.196 e. The summed E-state index contributed by atoms with van der Waals surface area (Å²) < 4.78 is 29.5. The van der Waals surface area contributed by atoms with Gasteiger partial charge in [0.2, 0.25) is 0 Å². The molecule has 0 heterocycles. The van der Waals surface area contributed by atoms with E-state index in [2.05, 4.69) is 9.44 Å². The lowest BCUT2D eigenvalue weighted by Crippen LogP contribution is -2.57. The van der Waals surface area contributed by atoms with Gasteiger partial charge in [0.1, 0.15) is 0 Å². The number of hydrogen-bond donors (Lipinski definition) is 2. The first kappa shape index (κ1) is 16.9. The van der Waals surface area contributed by atoms with Gasteiger partial charge in [-0.1, -0.05) is 27.7 Å². The Morgan fingerprint density at radius 3 is 1.18 bits per heavy atom. The molecule has 0 bridgehead atoms. The molecule has 0 amide bonds. The van der Waals surface area contributed by atoms with Crippen molar-refractivity contribution in [3.8, 4) is 0 Å². The topological polar surface area (TPSA) is 58.2 Å². The fourth-order valence-corrected chi connectivity index (χ4v) is 2.86. The fourth-order valence-electron chi connectivity index (χ4n) is 0.954. The molecule has 0 aliphatic rings. The molecule has 0 fully saturated rings. The third-order valence-corrected chi connectivity index (χ3v) is 5.27. The Morgan fingerprint density at radius 1 is 0.765 bits per heavy atom. The highest BCUT2D eigenvalue weighted by molar-refractivity contribution is 7.87. The molecule has 0 unspecified atom stereocenters. The van der Waals surface area contributed by atoms with Crippen molar-refractivity contribution < 1.29 is 8.42 Å². The average Bonchev–Trinajstić information content (AvgIpc) is 1.98. The van der Waals surface area contributed by atoms with Gasteiger partial charge in [0, 0.05) is 11.1 Å². The Hall–Kier alpha value is -0.130. The van der Waals surface area contributed by atoms with E-state index in [-0.39, 0.29) is 11.8 Å². The lowest BCUT2D eigenvalue weighted by molar-refractivity contribution is 0.311. The summed E-state index contributed by atoms with van der Waals surface area (Å²) in [6.07, 6.45) is 0. The summed E-state index contributed by atoms with van der Waals surface area (Å²) in [5, 5.41) is 0. The predicted octanol–water partition coefficient (Wildman–Crippen LogP) is 2.28. The second kappa shape index (κ2) is 5.24. The maximum atomic E-state index is 12.0. The summed E-state index contributed by atoms with van der Waals surface area (Å²) in [5.41, 5.74) is -0.919. The largest absolute Gasteiger partial charge is 0.277 e. The number of nitrogens with one attached hydrogen (secondary N) is 2. The van der Waals surface area contributed by atoms with Gasteiger partial charge in [-0.3, -0.25) is 0 Å². The van der Waals surface area contributed by atoms with Gasteiger partial charge in [0.15, 0.2) is 0 Å². The minimum atomic E-state index is -3.49. The molecule has 104 valence electrons. The molecule has 0 aliphatic carbocycles. The second-order valence-electron chi connectivity index (χ2n) is 6.46. The molecular formula is C12H28N2O2S. The van der Waals surface area contributed by atoms with Gasteiger partial charge in [-0.25, -0.2) is 0 Å². The summed E-state index contributed by atoms with van der Waals surface area (Å²) in [4.78, 5) is 0. The molecule has 0 saturated heterocycles. The third kappa shape index (κ3) is 5.36. The van der Waals surface area contributed by atoms with Crippen molar-refractivity contribution in [2.75, 3.05) is 0 Å². The van der Waals surface area contributed by atoms with Crippen LogP contribution in [0, 0.1) is 11.8 Å². The molecule has 0 aromatic carbocycles. The third-order valence-electron chi connectivity index (χ3n) is 3.68. The van der Waals surface area contributed by atoms with Crippen LogP contribution in [0.1, 0.15) is 55.4 Å². The second-order valence-corrected chi connectivity index (χ2v) is 7.88. The molecule has 17 heavy (non-hydrogen) atoms. The van der Waals surface area contributed by atoms with Gasteiger partial charge in [-0.15, -0.1) is 0 Å². The van der Waals surface area contributed by atoms with E-state index in [9.17, 15) is 8.42 Å². The van der Waals surface area contributed by atoms with Crippen molar-refractivity contribution in [1.29, 1.82) is 0 Å². The summed E-state index contributed by atoms with van der Waals surface area (Å²) in [6.45, 7) is 15.5. The van der Waals surface area contributed by atoms with Crippen molar-refractivity contribution in [1.82, 2.24) is 9.44 Å². The standard InChI is InChI=1S/C12H28N2O2S/c1-9(2)11(5,6)13-17(15,16)14-12(7,8)10(3)4/h9-10,13-14H,1-8H3. The molecule has 0 aliphatic heterocycles. The molecular weight excluding hydrogens is 236 g/mol. The number of rotatable bonds is 6. The van der Waals surface area contributed by atoms with Crippen LogP contribution >= 0.6 is 0 Å². The molecule has 0 spiro atoms. The van der Waals surface area contributed by atoms with Crippen LogP contribution in [0.5, 0.6) is 0 Å². The highest BCUT2D eigenvalue weighted by Crippen LogP contribution is 2.19. The Kier molecular flexibility index (Phi) is 5.20. The zero-order valence-corrected chi connectivity index (χ0v) is 13.2. The van der Waals surface area contributed by atoms with Gasteiger partial charge in [-0.05, 0) is 39.5 Å². The van der Waals surface area contributed by atoms with Crippen molar-refractivity contribution in [2.24, 2.45) is 11.8 Å². The van der Waals surface area contributed by atoms with Crippen LogP contribution in [0.4, 0.5) is 0 Å². The SMILES string of the molecule is CC(C)C(C)(C)NS(=O)(=O)NC(C)(C)C(C)C. The van der Waals surface area contributed by atoms with Crippen molar-refractivity contribution >= 4 is 10.2 Å². The van der Waals surface area contributed by atoms with E-state index >= 15 is 0 Å². The number of hydrogen-bond acceptors (Lipinski definition) is 2. The highest BCUT2D eigenvalue weighted by Gasteiger charge is 2.33. The molecule has 0 saturated carbocycles. The lowest BCUT2D eigenvalue weighted by Gasteiger charge is -2.35. The van der Waals surface area contributed by atoms with Crippen molar-refractivity contribution in [3.63, 3.8) is 0 Å². The lowest BCUT2D eigenvalue weighted by atomic mass is 9.92. The van der Waals surface area contributed by atoms with Crippen LogP contribution in [-0.4, -0.2) is 19.5 Å². The zero-order valence-electron chi connectivity index (χ0n) is 12.4. The molecule has 0 atom stereocenters. The van der Waals surface area contributed by atoms with Crippen molar-refractivity contribution in [2.45, 2.75) is 66.5 Å². The van der Waals surface area contributed by atoms with Crippen LogP contribution in [0.15, 0.2) is 0 Å². The van der Waals surface area contributed by atoms with Gasteiger partial charge in [0.05, 0.1) is 0 Å². The molecule has 0 radical (unpaired) electrons. The molecule has 0 rings (SSSR count). The minimum absolute atomic E-state index is 0.223. The first-order chi connectivity index (χ1) is 7.30. The first-order valence-electron chi connectivity index (χ1n) is 6.13. The van der Waals surface area contributed by atoms with Crippen molar-refractivity contribution in [3.05, 3.63) is 0 Å². The summed E-state index contributed by atoms with van der Waals surface area (Å²) in [7, 11) is -3.49. The van der Waals surface area contributed by atoms with Gasteiger partial charge in [0.25, 0.3) is 10.2 Å². The predicted molar refractivity (Wildman–Crippen MR) is 73.0 cm³/mol. The van der Waals surface area contributed by atoms with Gasteiger partial charge >= 0.3 is 0 Å². The molecule has 5 heteroatoms. The van der Waals surface area contributed by atoms with Crippen LogP contribution in [0.25, 0.3) is 0 Å². The Balaban J connectivity index is 4.85. The summed E-state index contributed by atoms with van der Waals surface area (Å²) in [6, 6.07) is 0. The van der Waals surface area contributed by atoms with E-state index in [4.69, 9.17) is 0 Å². The van der Waals surface area contributed by atoms with E-state index < -0.39 is 21.3 Å². The Labute approximate surface area is 107 Å². The van der Waals surface area contributed by atoms with Crippen LogP contribution in [0.3, 0.4) is 0 Å². The smallest absolute Gasteiger partial charge is 0.196 e. The molecule has 2 N–H and O–H groups in total. The molecule has 0 aromatic heterocycles. The summed E-state index contributed by atoms with van der Waals surface area (Å²) >= 11 is 0. The van der Waals surface area contributed by atoms with E-state index in [0.717, 1.165) is 0 Å². The normalized spacial score (nSPS) is 14.7. The van der Waals surface area contributed by atoms with E-state index in [1.807, 2.05) is 55.4 Å². The molecule has 0 aromatic rings. The fraction of sp³-hybridized carbons (Fsp3) is 1.00. The quantitative estimate of drug-likeness (QED) is 0.773. The Morgan fingerprint density at radius 2 is 1.00 bits per heavy atom. The highest BCUT2D eigenvalue weighted by atomic mass is 32.2. The zero-order chi connectivity index (χ0) is 14.1. The first-order valence-corrected chi connectivity index (χ1v) is 7.61. The van der Waals surface area contributed by atoms with E-state index in [0.29, 0.717) is 0 Å². The van der Waals surface area contributed by atoms with E-state index in [1.165, 1.54) is 0 Å². The molecule has 4 nitrogen and oxygen atoms in total. The van der Waals surface area contributed by atoms with Crippen LogP contribution < -0.4 is 9.44 Å². The summed E-state index contributed by atoms with van der Waals surface area (Å²) in [5.74, 6) is 0.447. The van der Waals surface area contributed by atoms with E-state index in [1.54, 1.807) is 0 Å². The maximum Gasteiger partial charge on any atom is 0.277 e. The maximum absolute atomic E-state index is 12.0.